The normalized spacial score (nSPS) is 17.5. The van der Waals surface area contributed by atoms with Crippen molar-refractivity contribution in [3.63, 3.8) is 0 Å². The maximum Gasteiger partial charge on any atom is 0.0895 e. The second kappa shape index (κ2) is 7.61. The van der Waals surface area contributed by atoms with E-state index in [0.717, 1.165) is 13.0 Å². The van der Waals surface area contributed by atoms with Gasteiger partial charge in [-0.3, -0.25) is 0 Å². The van der Waals surface area contributed by atoms with Gasteiger partial charge in [0, 0.05) is 0 Å². The van der Waals surface area contributed by atoms with Gasteiger partial charge >= 0.3 is 0 Å². The molecule has 3 nitrogen and oxygen atoms in total. The summed E-state index contributed by atoms with van der Waals surface area (Å²) in [7, 11) is 0. The van der Waals surface area contributed by atoms with Crippen LogP contribution in [0.4, 0.5) is 0 Å². The number of rotatable bonds is 5. The standard InChI is InChI=1S/C12H23N3/c1-12(2)14-11-13-7-6-10-15-8-4-3-5-9-15/h12H,3-10H2,1-2H3. The summed E-state index contributed by atoms with van der Waals surface area (Å²) >= 11 is 0. The second-order valence-electron chi connectivity index (χ2n) is 4.46. The van der Waals surface area contributed by atoms with E-state index in [0.29, 0.717) is 6.04 Å². The van der Waals surface area contributed by atoms with Gasteiger partial charge in [0.05, 0.1) is 18.6 Å². The van der Waals surface area contributed by atoms with Crippen molar-refractivity contribution >= 4 is 6.01 Å². The first-order valence-corrected chi connectivity index (χ1v) is 6.13. The largest absolute Gasteiger partial charge is 0.303 e. The topological polar surface area (TPSA) is 28.0 Å². The van der Waals surface area contributed by atoms with Crippen LogP contribution in [0.2, 0.25) is 0 Å². The Morgan fingerprint density at radius 3 is 2.60 bits per heavy atom. The summed E-state index contributed by atoms with van der Waals surface area (Å²) in [6.07, 6.45) is 5.30. The Balaban J connectivity index is 2.03. The number of hydrogen-bond donors (Lipinski definition) is 0. The van der Waals surface area contributed by atoms with Gasteiger partial charge in [0.1, 0.15) is 0 Å². The Labute approximate surface area is 93.3 Å². The van der Waals surface area contributed by atoms with Gasteiger partial charge in [0.2, 0.25) is 0 Å². The zero-order valence-electron chi connectivity index (χ0n) is 10.1. The fourth-order valence-corrected chi connectivity index (χ4v) is 1.76. The predicted octanol–water partition coefficient (Wildman–Crippen LogP) is 2.44. The minimum Gasteiger partial charge on any atom is -0.303 e. The van der Waals surface area contributed by atoms with Crippen LogP contribution in [0.25, 0.3) is 0 Å². The highest BCUT2D eigenvalue weighted by Crippen LogP contribution is 2.08. The van der Waals surface area contributed by atoms with Crippen molar-refractivity contribution in [1.82, 2.24) is 4.90 Å². The van der Waals surface area contributed by atoms with E-state index in [2.05, 4.69) is 20.9 Å². The predicted molar refractivity (Wildman–Crippen MR) is 64.8 cm³/mol. The molecule has 0 spiro atoms. The van der Waals surface area contributed by atoms with E-state index in [1.165, 1.54) is 38.9 Å². The highest BCUT2D eigenvalue weighted by Gasteiger charge is 2.08. The molecule has 15 heavy (non-hydrogen) atoms. The maximum atomic E-state index is 4.15. The van der Waals surface area contributed by atoms with Crippen molar-refractivity contribution in [1.29, 1.82) is 0 Å². The van der Waals surface area contributed by atoms with Gasteiger partial charge in [-0.2, -0.15) is 0 Å². The molecule has 1 saturated heterocycles. The molecule has 0 bridgehead atoms. The highest BCUT2D eigenvalue weighted by molar-refractivity contribution is 5.41. The Morgan fingerprint density at radius 2 is 1.93 bits per heavy atom. The molecular formula is C12H23N3. The van der Waals surface area contributed by atoms with Gasteiger partial charge in [-0.25, -0.2) is 9.98 Å². The van der Waals surface area contributed by atoms with Gasteiger partial charge in [-0.15, -0.1) is 0 Å². The Kier molecular flexibility index (Phi) is 6.29. The first kappa shape index (κ1) is 12.4. The number of piperidine rings is 1. The van der Waals surface area contributed by atoms with Crippen LogP contribution in [0, 0.1) is 0 Å². The molecule has 0 N–H and O–H groups in total. The molecule has 1 aliphatic rings. The van der Waals surface area contributed by atoms with Crippen molar-refractivity contribution in [2.75, 3.05) is 26.2 Å². The smallest absolute Gasteiger partial charge is 0.0895 e. The molecule has 1 aliphatic heterocycles. The molecule has 0 unspecified atom stereocenters. The summed E-state index contributed by atoms with van der Waals surface area (Å²) < 4.78 is 0. The van der Waals surface area contributed by atoms with E-state index in [9.17, 15) is 0 Å². The molecule has 0 aromatic heterocycles. The first-order chi connectivity index (χ1) is 7.29. The van der Waals surface area contributed by atoms with E-state index < -0.39 is 0 Å². The zero-order chi connectivity index (χ0) is 10.9. The number of nitrogens with zero attached hydrogens (tertiary/aromatic N) is 3. The number of aliphatic imine (C=N–C) groups is 2. The monoisotopic (exact) mass is 209 g/mol. The van der Waals surface area contributed by atoms with Gasteiger partial charge < -0.3 is 4.90 Å². The molecule has 0 atom stereocenters. The van der Waals surface area contributed by atoms with Crippen molar-refractivity contribution in [3.05, 3.63) is 0 Å². The quantitative estimate of drug-likeness (QED) is 0.505. The minimum atomic E-state index is 0.316. The summed E-state index contributed by atoms with van der Waals surface area (Å²) in [5, 5.41) is 0. The van der Waals surface area contributed by atoms with Gasteiger partial charge in [-0.05, 0) is 52.7 Å². The van der Waals surface area contributed by atoms with Crippen LogP contribution in [-0.2, 0) is 0 Å². The van der Waals surface area contributed by atoms with Crippen LogP contribution in [0.3, 0.4) is 0 Å². The van der Waals surface area contributed by atoms with Crippen molar-refractivity contribution in [2.24, 2.45) is 9.98 Å². The lowest BCUT2D eigenvalue weighted by Crippen LogP contribution is -2.30. The third kappa shape index (κ3) is 6.43. The Bertz CT molecular complexity index is 211. The van der Waals surface area contributed by atoms with Crippen LogP contribution in [0.1, 0.15) is 39.5 Å². The van der Waals surface area contributed by atoms with Crippen molar-refractivity contribution in [3.8, 4) is 0 Å². The lowest BCUT2D eigenvalue weighted by molar-refractivity contribution is 0.228. The summed E-state index contributed by atoms with van der Waals surface area (Å²) in [6.45, 7) is 8.69. The van der Waals surface area contributed by atoms with Crippen LogP contribution in [0.15, 0.2) is 9.98 Å². The third-order valence-electron chi connectivity index (χ3n) is 2.58. The van der Waals surface area contributed by atoms with E-state index in [1.54, 1.807) is 0 Å². The molecule has 1 rings (SSSR count). The molecule has 0 amide bonds. The average Bonchev–Trinajstić information content (AvgIpc) is 2.24. The molecule has 86 valence electrons. The zero-order valence-corrected chi connectivity index (χ0v) is 10.1. The van der Waals surface area contributed by atoms with Gasteiger partial charge in [-0.1, -0.05) is 6.42 Å². The van der Waals surface area contributed by atoms with Crippen molar-refractivity contribution < 1.29 is 0 Å². The number of hydrogen-bond acceptors (Lipinski definition) is 3. The summed E-state index contributed by atoms with van der Waals surface area (Å²) in [6, 6.07) is 3.07. The molecule has 1 fully saturated rings. The summed E-state index contributed by atoms with van der Waals surface area (Å²) in [4.78, 5) is 10.8. The van der Waals surface area contributed by atoms with Crippen molar-refractivity contribution in [2.45, 2.75) is 45.6 Å². The average molecular weight is 209 g/mol. The third-order valence-corrected chi connectivity index (χ3v) is 2.58. The molecule has 0 aromatic rings. The van der Waals surface area contributed by atoms with E-state index in [4.69, 9.17) is 0 Å². The first-order valence-electron chi connectivity index (χ1n) is 6.13. The molecule has 0 saturated carbocycles. The van der Waals surface area contributed by atoms with Crippen LogP contribution in [0.5, 0.6) is 0 Å². The maximum absolute atomic E-state index is 4.15. The van der Waals surface area contributed by atoms with E-state index in [1.807, 2.05) is 13.8 Å². The molecule has 0 aromatic carbocycles. The molecule has 3 heteroatoms. The fraction of sp³-hybridized carbons (Fsp3) is 0.917. The molecule has 0 radical (unpaired) electrons. The lowest BCUT2D eigenvalue weighted by Gasteiger charge is -2.25. The van der Waals surface area contributed by atoms with Crippen LogP contribution >= 0.6 is 0 Å². The highest BCUT2D eigenvalue weighted by atomic mass is 15.1. The Morgan fingerprint density at radius 1 is 1.20 bits per heavy atom. The molecule has 1 heterocycles. The fourth-order valence-electron chi connectivity index (χ4n) is 1.76. The number of likely N-dealkylation sites (tertiary alicyclic amines) is 1. The van der Waals surface area contributed by atoms with Gasteiger partial charge in [0.15, 0.2) is 0 Å². The molecule has 0 aliphatic carbocycles. The van der Waals surface area contributed by atoms with Gasteiger partial charge in [0.25, 0.3) is 0 Å². The second-order valence-corrected chi connectivity index (χ2v) is 4.46. The van der Waals surface area contributed by atoms with E-state index >= 15 is 0 Å². The lowest BCUT2D eigenvalue weighted by atomic mass is 10.1. The van der Waals surface area contributed by atoms with E-state index in [-0.39, 0.29) is 0 Å². The summed E-state index contributed by atoms with van der Waals surface area (Å²) in [5.41, 5.74) is 0. The van der Waals surface area contributed by atoms with Crippen LogP contribution < -0.4 is 0 Å². The SMILES string of the molecule is CC(C)N=C=NCCCN1CCCCC1. The summed E-state index contributed by atoms with van der Waals surface area (Å²) in [5.74, 6) is 0. The minimum absolute atomic E-state index is 0.316. The Hall–Kier alpha value is -0.660. The van der Waals surface area contributed by atoms with Crippen LogP contribution in [-0.4, -0.2) is 43.1 Å². The molecular weight excluding hydrogens is 186 g/mol.